The van der Waals surface area contributed by atoms with Crippen molar-refractivity contribution in [3.05, 3.63) is 22.8 Å². The number of hydrogen-bond donors (Lipinski definition) is 2. The Hall–Kier alpha value is -1.75. The normalized spacial score (nSPS) is 14.0. The molecule has 0 radical (unpaired) electrons. The smallest absolute Gasteiger partial charge is 0.417 e. The summed E-state index contributed by atoms with van der Waals surface area (Å²) in [7, 11) is -1.49. The lowest BCUT2D eigenvalue weighted by Crippen LogP contribution is -2.44. The van der Waals surface area contributed by atoms with Gasteiger partial charge in [0.1, 0.15) is 21.5 Å². The molecule has 1 aromatic heterocycles. The van der Waals surface area contributed by atoms with Crippen LogP contribution in [0.1, 0.15) is 18.9 Å². The molecule has 154 valence electrons. The number of alkyl halides is 3. The number of halogens is 4. The first kappa shape index (κ1) is 23.3. The maximum absolute atomic E-state index is 12.6. The van der Waals surface area contributed by atoms with Gasteiger partial charge in [-0.1, -0.05) is 11.6 Å². The van der Waals surface area contributed by atoms with E-state index in [1.54, 1.807) is 7.05 Å². The van der Waals surface area contributed by atoms with Gasteiger partial charge in [-0.25, -0.2) is 13.4 Å². The predicted molar refractivity (Wildman–Crippen MR) is 98.0 cm³/mol. The zero-order valence-electron chi connectivity index (χ0n) is 15.1. The number of nitrogens with zero attached hydrogens (tertiary/aromatic N) is 2. The Labute approximate surface area is 161 Å². The van der Waals surface area contributed by atoms with Gasteiger partial charge in [-0.05, 0) is 19.4 Å². The SMILES string of the molecule is CN=C(NCCOc1ncc(C(F)(F)F)cc1Cl)NC(C)CCS(C)(=O)=O. The highest BCUT2D eigenvalue weighted by Crippen LogP contribution is 2.32. The highest BCUT2D eigenvalue weighted by molar-refractivity contribution is 7.90. The summed E-state index contributed by atoms with van der Waals surface area (Å²) in [5, 5.41) is 5.73. The quantitative estimate of drug-likeness (QED) is 0.373. The molecule has 1 heterocycles. The van der Waals surface area contributed by atoms with E-state index in [1.807, 2.05) is 6.92 Å². The third kappa shape index (κ3) is 9.14. The van der Waals surface area contributed by atoms with E-state index in [2.05, 4.69) is 20.6 Å². The molecule has 0 aliphatic carbocycles. The minimum Gasteiger partial charge on any atom is -0.475 e. The second-order valence-corrected chi connectivity index (χ2v) is 8.49. The lowest BCUT2D eigenvalue weighted by molar-refractivity contribution is -0.137. The van der Waals surface area contributed by atoms with Crippen molar-refractivity contribution >= 4 is 27.4 Å². The van der Waals surface area contributed by atoms with Crippen LogP contribution >= 0.6 is 11.6 Å². The topological polar surface area (TPSA) is 92.7 Å². The van der Waals surface area contributed by atoms with E-state index < -0.39 is 21.6 Å². The zero-order valence-corrected chi connectivity index (χ0v) is 16.7. The molecule has 0 amide bonds. The maximum Gasteiger partial charge on any atom is 0.417 e. The van der Waals surface area contributed by atoms with Crippen LogP contribution < -0.4 is 15.4 Å². The minimum absolute atomic E-state index is 0.0549. The Balaban J connectivity index is 2.43. The number of sulfone groups is 1. The van der Waals surface area contributed by atoms with E-state index in [9.17, 15) is 21.6 Å². The first-order chi connectivity index (χ1) is 12.4. The van der Waals surface area contributed by atoms with E-state index in [-0.39, 0.29) is 35.8 Å². The van der Waals surface area contributed by atoms with Crippen molar-refractivity contribution in [2.45, 2.75) is 25.6 Å². The second kappa shape index (κ2) is 9.98. The highest BCUT2D eigenvalue weighted by Gasteiger charge is 2.31. The summed E-state index contributed by atoms with van der Waals surface area (Å²) in [6.45, 7) is 2.18. The maximum atomic E-state index is 12.6. The molecule has 7 nitrogen and oxygen atoms in total. The van der Waals surface area contributed by atoms with Crippen molar-refractivity contribution in [2.24, 2.45) is 4.99 Å². The summed E-state index contributed by atoms with van der Waals surface area (Å²) >= 11 is 5.75. The molecule has 0 fully saturated rings. The Morgan fingerprint density at radius 3 is 2.63 bits per heavy atom. The number of ether oxygens (including phenoxy) is 1. The Morgan fingerprint density at radius 2 is 2.11 bits per heavy atom. The monoisotopic (exact) mass is 430 g/mol. The van der Waals surface area contributed by atoms with Crippen molar-refractivity contribution in [1.82, 2.24) is 15.6 Å². The molecular formula is C15H22ClF3N4O3S. The van der Waals surface area contributed by atoms with Crippen LogP contribution in [-0.2, 0) is 16.0 Å². The average molecular weight is 431 g/mol. The van der Waals surface area contributed by atoms with Crippen LogP contribution in [0.2, 0.25) is 5.02 Å². The number of nitrogens with one attached hydrogen (secondary N) is 2. The summed E-state index contributed by atoms with van der Waals surface area (Å²) in [5.41, 5.74) is -0.953. The van der Waals surface area contributed by atoms with Crippen molar-refractivity contribution in [1.29, 1.82) is 0 Å². The molecule has 27 heavy (non-hydrogen) atoms. The second-order valence-electron chi connectivity index (χ2n) is 5.82. The van der Waals surface area contributed by atoms with Crippen molar-refractivity contribution < 1.29 is 26.3 Å². The molecule has 1 unspecified atom stereocenters. The summed E-state index contributed by atoms with van der Waals surface area (Å²) in [5.74, 6) is 0.390. The van der Waals surface area contributed by atoms with Crippen LogP contribution in [0.5, 0.6) is 5.88 Å². The lowest BCUT2D eigenvalue weighted by atomic mass is 10.3. The van der Waals surface area contributed by atoms with Gasteiger partial charge in [0.05, 0.1) is 17.9 Å². The number of rotatable bonds is 8. The fourth-order valence-corrected chi connectivity index (χ4v) is 2.90. The molecule has 0 spiro atoms. The molecule has 0 bridgehead atoms. The van der Waals surface area contributed by atoms with Crippen molar-refractivity contribution in [2.75, 3.05) is 32.2 Å². The third-order valence-corrected chi connectivity index (χ3v) is 4.54. The fraction of sp³-hybridized carbons (Fsp3) is 0.600. The zero-order chi connectivity index (χ0) is 20.7. The standard InChI is InChI=1S/C15H22ClF3N4O3S/c1-10(4-7-27(3,24)25)23-14(20-2)21-5-6-26-13-12(16)8-11(9-22-13)15(17,18)19/h8-10H,4-7H2,1-3H3,(H2,20,21,23). The van der Waals surface area contributed by atoms with Crippen molar-refractivity contribution in [3.63, 3.8) is 0 Å². The van der Waals surface area contributed by atoms with E-state index in [0.717, 1.165) is 6.07 Å². The largest absolute Gasteiger partial charge is 0.475 e. The summed E-state index contributed by atoms with van der Waals surface area (Å²) < 4.78 is 65.3. The number of aromatic nitrogens is 1. The number of guanidine groups is 1. The van der Waals surface area contributed by atoms with Gasteiger partial charge >= 0.3 is 6.18 Å². The summed E-state index contributed by atoms with van der Waals surface area (Å²) in [4.78, 5) is 7.57. The van der Waals surface area contributed by atoms with Gasteiger partial charge in [0.15, 0.2) is 5.96 Å². The lowest BCUT2D eigenvalue weighted by Gasteiger charge is -2.17. The average Bonchev–Trinajstić information content (AvgIpc) is 2.55. The van der Waals surface area contributed by atoms with Gasteiger partial charge in [0.25, 0.3) is 0 Å². The number of pyridine rings is 1. The minimum atomic E-state index is -4.53. The van der Waals surface area contributed by atoms with E-state index in [1.165, 1.54) is 6.26 Å². The van der Waals surface area contributed by atoms with Crippen LogP contribution in [0.25, 0.3) is 0 Å². The molecule has 2 N–H and O–H groups in total. The molecule has 1 atom stereocenters. The number of hydrogen-bond acceptors (Lipinski definition) is 5. The van der Waals surface area contributed by atoms with Crippen LogP contribution in [0.15, 0.2) is 17.3 Å². The molecule has 0 saturated carbocycles. The first-order valence-electron chi connectivity index (χ1n) is 7.93. The van der Waals surface area contributed by atoms with Gasteiger partial charge in [-0.3, -0.25) is 4.99 Å². The molecule has 0 aliphatic heterocycles. The van der Waals surface area contributed by atoms with Crippen LogP contribution in [-0.4, -0.2) is 57.6 Å². The van der Waals surface area contributed by atoms with Gasteiger partial charge < -0.3 is 15.4 Å². The van der Waals surface area contributed by atoms with E-state index >= 15 is 0 Å². The van der Waals surface area contributed by atoms with Crippen LogP contribution in [0.4, 0.5) is 13.2 Å². The summed E-state index contributed by atoms with van der Waals surface area (Å²) in [6, 6.07) is 0.624. The fourth-order valence-electron chi connectivity index (χ4n) is 1.89. The van der Waals surface area contributed by atoms with Crippen LogP contribution in [0, 0.1) is 0 Å². The van der Waals surface area contributed by atoms with E-state index in [4.69, 9.17) is 16.3 Å². The molecule has 1 aromatic rings. The van der Waals surface area contributed by atoms with Gasteiger partial charge in [-0.2, -0.15) is 13.2 Å². The number of aliphatic imine (C=N–C) groups is 1. The molecule has 1 rings (SSSR count). The van der Waals surface area contributed by atoms with Gasteiger partial charge in [-0.15, -0.1) is 0 Å². The first-order valence-corrected chi connectivity index (χ1v) is 10.4. The Bertz CT molecular complexity index is 757. The Kier molecular flexibility index (Phi) is 8.60. The van der Waals surface area contributed by atoms with Gasteiger partial charge in [0, 0.05) is 25.5 Å². The molecular weight excluding hydrogens is 409 g/mol. The summed E-state index contributed by atoms with van der Waals surface area (Å²) in [6.07, 6.45) is -2.28. The van der Waals surface area contributed by atoms with Gasteiger partial charge in [0.2, 0.25) is 5.88 Å². The van der Waals surface area contributed by atoms with Crippen molar-refractivity contribution in [3.8, 4) is 5.88 Å². The molecule has 0 aliphatic rings. The highest BCUT2D eigenvalue weighted by atomic mass is 35.5. The van der Waals surface area contributed by atoms with E-state index in [0.29, 0.717) is 18.6 Å². The third-order valence-electron chi connectivity index (χ3n) is 3.30. The molecule has 12 heteroatoms. The predicted octanol–water partition coefficient (Wildman–Crippen LogP) is 2.12. The molecule has 0 saturated heterocycles. The van der Waals surface area contributed by atoms with Crippen LogP contribution in [0.3, 0.4) is 0 Å². The Morgan fingerprint density at radius 1 is 1.44 bits per heavy atom. The molecule has 0 aromatic carbocycles.